The fraction of sp³-hybridized carbons (Fsp3) is 0.929. The summed E-state index contributed by atoms with van der Waals surface area (Å²) in [5.74, 6) is 0.537. The molecule has 1 aliphatic rings. The lowest BCUT2D eigenvalue weighted by Gasteiger charge is -2.30. The molecule has 0 aromatic rings. The zero-order valence-electron chi connectivity index (χ0n) is 11.2. The molecule has 2 atom stereocenters. The molecule has 0 N–H and O–H groups in total. The first kappa shape index (κ1) is 14.5. The first-order chi connectivity index (χ1) is 8.27. The summed E-state index contributed by atoms with van der Waals surface area (Å²) in [6.07, 6.45) is 7.32. The molecular weight excluding hydrogens is 216 g/mol. The van der Waals surface area contributed by atoms with Gasteiger partial charge in [-0.15, -0.1) is 0 Å². The fourth-order valence-electron chi connectivity index (χ4n) is 2.49. The quantitative estimate of drug-likeness (QED) is 0.507. The van der Waals surface area contributed by atoms with Crippen LogP contribution in [0.3, 0.4) is 0 Å². The van der Waals surface area contributed by atoms with Crippen LogP contribution in [0.25, 0.3) is 0 Å². The van der Waals surface area contributed by atoms with E-state index in [4.69, 9.17) is 9.47 Å². The normalized spacial score (nSPS) is 24.6. The van der Waals surface area contributed by atoms with Crippen LogP contribution in [-0.4, -0.2) is 25.3 Å². The van der Waals surface area contributed by atoms with Crippen LogP contribution in [0.1, 0.15) is 58.8 Å². The summed E-state index contributed by atoms with van der Waals surface area (Å²) in [5.41, 5.74) is 0. The summed E-state index contributed by atoms with van der Waals surface area (Å²) in [6, 6.07) is 0. The topological polar surface area (TPSA) is 35.5 Å². The summed E-state index contributed by atoms with van der Waals surface area (Å²) in [4.78, 5) is 11.7. The Labute approximate surface area is 105 Å². The van der Waals surface area contributed by atoms with Gasteiger partial charge in [-0.25, -0.2) is 0 Å². The summed E-state index contributed by atoms with van der Waals surface area (Å²) >= 11 is 0. The van der Waals surface area contributed by atoms with E-state index in [-0.39, 0.29) is 12.1 Å². The second-order valence-electron chi connectivity index (χ2n) is 4.78. The van der Waals surface area contributed by atoms with Gasteiger partial charge in [-0.1, -0.05) is 13.3 Å². The number of rotatable bonds is 7. The third-order valence-electron chi connectivity index (χ3n) is 3.52. The molecule has 100 valence electrons. The molecule has 0 radical (unpaired) electrons. The highest BCUT2D eigenvalue weighted by molar-refractivity contribution is 5.69. The first-order valence-electron chi connectivity index (χ1n) is 7.05. The van der Waals surface area contributed by atoms with E-state index >= 15 is 0 Å². The van der Waals surface area contributed by atoms with Crippen molar-refractivity contribution in [2.45, 2.75) is 64.9 Å². The van der Waals surface area contributed by atoms with E-state index in [9.17, 15) is 4.79 Å². The molecule has 1 saturated carbocycles. The maximum Gasteiger partial charge on any atom is 0.306 e. The number of esters is 1. The maximum absolute atomic E-state index is 11.7. The number of carbonyl (C=O) groups is 1. The Bertz CT molecular complexity index is 216. The summed E-state index contributed by atoms with van der Waals surface area (Å²) in [7, 11) is 0. The molecule has 17 heavy (non-hydrogen) atoms. The predicted octanol–water partition coefficient (Wildman–Crippen LogP) is 3.32. The van der Waals surface area contributed by atoms with Crippen molar-refractivity contribution in [3.8, 4) is 0 Å². The molecular formula is C14H26O3. The van der Waals surface area contributed by atoms with Gasteiger partial charge in [0, 0.05) is 19.6 Å². The van der Waals surface area contributed by atoms with Crippen LogP contribution >= 0.6 is 0 Å². The lowest BCUT2D eigenvalue weighted by Crippen LogP contribution is -2.29. The smallest absolute Gasteiger partial charge is 0.306 e. The predicted molar refractivity (Wildman–Crippen MR) is 67.9 cm³/mol. The molecule has 0 bridgehead atoms. The average molecular weight is 242 g/mol. The van der Waals surface area contributed by atoms with Crippen molar-refractivity contribution < 1.29 is 14.3 Å². The van der Waals surface area contributed by atoms with E-state index in [1.165, 1.54) is 19.3 Å². The Balaban J connectivity index is 2.19. The number of hydrogen-bond donors (Lipinski definition) is 0. The summed E-state index contributed by atoms with van der Waals surface area (Å²) in [5, 5.41) is 0. The highest BCUT2D eigenvalue weighted by atomic mass is 16.5. The van der Waals surface area contributed by atoms with Gasteiger partial charge in [0.1, 0.15) is 6.10 Å². The van der Waals surface area contributed by atoms with Crippen molar-refractivity contribution in [2.75, 3.05) is 13.2 Å². The molecule has 0 heterocycles. The van der Waals surface area contributed by atoms with Crippen LogP contribution in [-0.2, 0) is 14.3 Å². The van der Waals surface area contributed by atoms with E-state index in [0.717, 1.165) is 25.9 Å². The number of ether oxygens (including phenoxy) is 2. The van der Waals surface area contributed by atoms with Crippen molar-refractivity contribution in [2.24, 2.45) is 5.92 Å². The Morgan fingerprint density at radius 1 is 1.24 bits per heavy atom. The van der Waals surface area contributed by atoms with Gasteiger partial charge in [-0.2, -0.15) is 0 Å². The Morgan fingerprint density at radius 3 is 2.71 bits per heavy atom. The van der Waals surface area contributed by atoms with Gasteiger partial charge in [-0.3, -0.25) is 4.79 Å². The highest BCUT2D eigenvalue weighted by Crippen LogP contribution is 2.29. The summed E-state index contributed by atoms with van der Waals surface area (Å²) in [6.45, 7) is 5.53. The highest BCUT2D eigenvalue weighted by Gasteiger charge is 2.26. The third kappa shape index (κ3) is 5.53. The van der Waals surface area contributed by atoms with E-state index < -0.39 is 0 Å². The van der Waals surface area contributed by atoms with E-state index in [2.05, 4.69) is 6.92 Å². The van der Waals surface area contributed by atoms with Crippen LogP contribution in [0, 0.1) is 5.92 Å². The van der Waals surface area contributed by atoms with Crippen LogP contribution in [0.15, 0.2) is 0 Å². The SMILES string of the molecule is CCOCCCC(=O)O[C@@H]1CCCC[C@@H]1CC. The molecule has 0 unspecified atom stereocenters. The molecule has 0 saturated heterocycles. The lowest BCUT2D eigenvalue weighted by atomic mass is 9.85. The maximum atomic E-state index is 11.7. The van der Waals surface area contributed by atoms with Gasteiger partial charge in [0.15, 0.2) is 0 Å². The Hall–Kier alpha value is -0.570. The van der Waals surface area contributed by atoms with Crippen molar-refractivity contribution in [1.29, 1.82) is 0 Å². The lowest BCUT2D eigenvalue weighted by molar-refractivity contribution is -0.154. The van der Waals surface area contributed by atoms with Crippen molar-refractivity contribution in [1.82, 2.24) is 0 Å². The van der Waals surface area contributed by atoms with Gasteiger partial charge < -0.3 is 9.47 Å². The van der Waals surface area contributed by atoms with Crippen LogP contribution in [0.4, 0.5) is 0 Å². The van der Waals surface area contributed by atoms with Gasteiger partial charge in [0.25, 0.3) is 0 Å². The molecule has 1 rings (SSSR count). The molecule has 0 amide bonds. The molecule has 3 heteroatoms. The van der Waals surface area contributed by atoms with Crippen molar-refractivity contribution in [3.05, 3.63) is 0 Å². The molecule has 0 aromatic carbocycles. The van der Waals surface area contributed by atoms with Gasteiger partial charge in [-0.05, 0) is 44.9 Å². The standard InChI is InChI=1S/C14H26O3/c1-3-12-8-5-6-9-13(12)17-14(15)10-7-11-16-4-2/h12-13H,3-11H2,1-2H3/t12-,13+/m0/s1. The minimum absolute atomic E-state index is 0.0462. The minimum atomic E-state index is -0.0462. The van der Waals surface area contributed by atoms with Crippen molar-refractivity contribution >= 4 is 5.97 Å². The zero-order chi connectivity index (χ0) is 12.5. The van der Waals surface area contributed by atoms with E-state index in [0.29, 0.717) is 18.9 Å². The van der Waals surface area contributed by atoms with E-state index in [1.807, 2.05) is 6.92 Å². The van der Waals surface area contributed by atoms with Gasteiger partial charge in [0.2, 0.25) is 0 Å². The van der Waals surface area contributed by atoms with Crippen LogP contribution in [0.5, 0.6) is 0 Å². The Kier molecular flexibility index (Phi) is 7.25. The first-order valence-corrected chi connectivity index (χ1v) is 7.05. The second-order valence-corrected chi connectivity index (χ2v) is 4.78. The molecule has 0 aromatic heterocycles. The van der Waals surface area contributed by atoms with Crippen molar-refractivity contribution in [3.63, 3.8) is 0 Å². The average Bonchev–Trinajstić information content (AvgIpc) is 2.35. The van der Waals surface area contributed by atoms with Crippen LogP contribution < -0.4 is 0 Å². The fourth-order valence-corrected chi connectivity index (χ4v) is 2.49. The molecule has 3 nitrogen and oxygen atoms in total. The van der Waals surface area contributed by atoms with Crippen LogP contribution in [0.2, 0.25) is 0 Å². The second kappa shape index (κ2) is 8.51. The third-order valence-corrected chi connectivity index (χ3v) is 3.52. The largest absolute Gasteiger partial charge is 0.462 e. The van der Waals surface area contributed by atoms with Gasteiger partial charge in [0.05, 0.1) is 0 Å². The zero-order valence-corrected chi connectivity index (χ0v) is 11.2. The summed E-state index contributed by atoms with van der Waals surface area (Å²) < 4.78 is 10.8. The Morgan fingerprint density at radius 2 is 2.00 bits per heavy atom. The van der Waals surface area contributed by atoms with Gasteiger partial charge >= 0.3 is 5.97 Å². The molecule has 1 fully saturated rings. The van der Waals surface area contributed by atoms with E-state index in [1.54, 1.807) is 0 Å². The number of carbonyl (C=O) groups excluding carboxylic acids is 1. The molecule has 0 spiro atoms. The monoisotopic (exact) mass is 242 g/mol. The minimum Gasteiger partial charge on any atom is -0.462 e. The molecule has 1 aliphatic carbocycles. The number of hydrogen-bond acceptors (Lipinski definition) is 3. The molecule has 0 aliphatic heterocycles.